The van der Waals surface area contributed by atoms with Crippen LogP contribution in [-0.4, -0.2) is 21.4 Å². The third-order valence-corrected chi connectivity index (χ3v) is 3.12. The molecule has 98 valence electrons. The van der Waals surface area contributed by atoms with Crippen LogP contribution in [0.3, 0.4) is 0 Å². The number of aryl methyl sites for hydroxylation is 1. The molecule has 0 unspecified atom stereocenters. The van der Waals surface area contributed by atoms with Gasteiger partial charge < -0.3 is 9.67 Å². The minimum Gasteiger partial charge on any atom is -0.477 e. The van der Waals surface area contributed by atoms with Crippen molar-refractivity contribution < 1.29 is 14.7 Å². The normalized spacial score (nSPS) is 10.4. The van der Waals surface area contributed by atoms with Gasteiger partial charge in [0, 0.05) is 18.3 Å². The van der Waals surface area contributed by atoms with Crippen LogP contribution in [-0.2, 0) is 6.54 Å². The summed E-state index contributed by atoms with van der Waals surface area (Å²) < 4.78 is 1.60. The van der Waals surface area contributed by atoms with E-state index in [2.05, 4.69) is 0 Å². The van der Waals surface area contributed by atoms with Gasteiger partial charge in [-0.25, -0.2) is 4.79 Å². The molecule has 4 nitrogen and oxygen atoms in total. The quantitative estimate of drug-likeness (QED) is 0.857. The molecule has 1 aromatic carbocycles. The molecule has 0 fully saturated rings. The summed E-state index contributed by atoms with van der Waals surface area (Å²) in [4.78, 5) is 22.5. The molecule has 0 atom stereocenters. The minimum absolute atomic E-state index is 0.133. The zero-order valence-corrected chi connectivity index (χ0v) is 10.9. The first-order chi connectivity index (χ1) is 8.99. The number of aromatic carboxylic acids is 1. The maximum absolute atomic E-state index is 11.3. The molecule has 0 bridgehead atoms. The zero-order valence-electron chi connectivity index (χ0n) is 10.9. The van der Waals surface area contributed by atoms with E-state index in [4.69, 9.17) is 0 Å². The van der Waals surface area contributed by atoms with Crippen LogP contribution in [0.2, 0.25) is 0 Å². The van der Waals surface area contributed by atoms with Crippen LogP contribution in [0.25, 0.3) is 0 Å². The number of Topliss-reactive ketones (excluding diaryl/α,β-unsaturated/α-hetero) is 1. The van der Waals surface area contributed by atoms with E-state index in [9.17, 15) is 14.7 Å². The summed E-state index contributed by atoms with van der Waals surface area (Å²) in [5.41, 5.74) is 2.69. The molecule has 2 rings (SSSR count). The van der Waals surface area contributed by atoms with Gasteiger partial charge in [-0.2, -0.15) is 0 Å². The van der Waals surface area contributed by atoms with Crippen LogP contribution in [0.1, 0.15) is 38.9 Å². The summed E-state index contributed by atoms with van der Waals surface area (Å²) in [6, 6.07) is 9.20. The molecule has 4 heteroatoms. The Morgan fingerprint density at radius 1 is 1.26 bits per heavy atom. The number of rotatable bonds is 4. The fourth-order valence-electron chi connectivity index (χ4n) is 1.98. The summed E-state index contributed by atoms with van der Waals surface area (Å²) in [5.74, 6) is -1.16. The minimum atomic E-state index is -1.03. The zero-order chi connectivity index (χ0) is 14.0. The summed E-state index contributed by atoms with van der Waals surface area (Å²) >= 11 is 0. The van der Waals surface area contributed by atoms with Gasteiger partial charge in [-0.3, -0.25) is 4.79 Å². The number of carbonyl (C=O) groups excluding carboxylic acids is 1. The van der Waals surface area contributed by atoms with Gasteiger partial charge in [0.2, 0.25) is 0 Å². The number of ketones is 1. The topological polar surface area (TPSA) is 59.3 Å². The van der Waals surface area contributed by atoms with E-state index in [1.54, 1.807) is 10.8 Å². The molecular weight excluding hydrogens is 242 g/mol. The molecular formula is C15H15NO3. The van der Waals surface area contributed by atoms with E-state index in [1.165, 1.54) is 13.0 Å². The van der Waals surface area contributed by atoms with Gasteiger partial charge in [-0.05, 0) is 31.0 Å². The number of nitrogens with zero attached hydrogens (tertiary/aromatic N) is 1. The van der Waals surface area contributed by atoms with Gasteiger partial charge in [-0.15, -0.1) is 0 Å². The highest BCUT2D eigenvalue weighted by Crippen LogP contribution is 2.15. The molecule has 0 saturated heterocycles. The predicted molar refractivity (Wildman–Crippen MR) is 71.7 cm³/mol. The maximum atomic E-state index is 11.3. The van der Waals surface area contributed by atoms with Crippen LogP contribution in [0.5, 0.6) is 0 Å². The number of aromatic nitrogens is 1. The summed E-state index contributed by atoms with van der Waals surface area (Å²) in [6.45, 7) is 3.85. The fourth-order valence-corrected chi connectivity index (χ4v) is 1.98. The lowest BCUT2D eigenvalue weighted by atomic mass is 10.1. The van der Waals surface area contributed by atoms with Crippen LogP contribution in [0, 0.1) is 6.92 Å². The Bertz CT molecular complexity index is 641. The predicted octanol–water partition coefficient (Wildman–Crippen LogP) is 2.75. The van der Waals surface area contributed by atoms with E-state index in [-0.39, 0.29) is 11.5 Å². The molecule has 0 aliphatic rings. The van der Waals surface area contributed by atoms with Crippen LogP contribution < -0.4 is 0 Å². The molecule has 0 spiro atoms. The molecule has 1 N–H and O–H groups in total. The summed E-state index contributed by atoms with van der Waals surface area (Å²) in [5, 5.41) is 9.18. The third kappa shape index (κ3) is 2.73. The molecule has 0 amide bonds. The summed E-state index contributed by atoms with van der Waals surface area (Å²) in [6.07, 6.45) is 1.60. The third-order valence-electron chi connectivity index (χ3n) is 3.12. The molecule has 0 aliphatic heterocycles. The molecule has 1 aromatic heterocycles. The Labute approximate surface area is 111 Å². The van der Waals surface area contributed by atoms with Crippen molar-refractivity contribution in [2.45, 2.75) is 20.4 Å². The molecule has 1 heterocycles. The molecule has 0 aliphatic carbocycles. The number of hydrogen-bond acceptors (Lipinski definition) is 2. The van der Waals surface area contributed by atoms with Gasteiger partial charge in [0.15, 0.2) is 5.78 Å². The Hall–Kier alpha value is -2.36. The summed E-state index contributed by atoms with van der Waals surface area (Å²) in [7, 11) is 0. The van der Waals surface area contributed by atoms with Crippen molar-refractivity contribution in [2.75, 3.05) is 0 Å². The van der Waals surface area contributed by atoms with Gasteiger partial charge >= 0.3 is 5.97 Å². The Balaban J connectivity index is 2.42. The number of carbonyl (C=O) groups is 2. The average Bonchev–Trinajstić information content (AvgIpc) is 2.76. The number of carboxylic acids is 1. The van der Waals surface area contributed by atoms with E-state index in [1.807, 2.05) is 31.2 Å². The molecule has 0 saturated carbocycles. The lowest BCUT2D eigenvalue weighted by Crippen LogP contribution is -2.09. The van der Waals surface area contributed by atoms with E-state index in [0.717, 1.165) is 11.1 Å². The molecule has 0 radical (unpaired) electrons. The van der Waals surface area contributed by atoms with Gasteiger partial charge in [0.25, 0.3) is 0 Å². The van der Waals surface area contributed by atoms with Crippen molar-refractivity contribution in [2.24, 2.45) is 0 Å². The van der Waals surface area contributed by atoms with E-state index < -0.39 is 5.97 Å². The van der Waals surface area contributed by atoms with Gasteiger partial charge in [0.05, 0.1) is 0 Å². The Morgan fingerprint density at radius 2 is 1.95 bits per heavy atom. The second kappa shape index (κ2) is 5.10. The highest BCUT2D eigenvalue weighted by atomic mass is 16.4. The highest BCUT2D eigenvalue weighted by Gasteiger charge is 2.15. The second-order valence-corrected chi connectivity index (χ2v) is 4.53. The smallest absolute Gasteiger partial charge is 0.352 e. The largest absolute Gasteiger partial charge is 0.477 e. The SMILES string of the molecule is CC(=O)c1cc(C(=O)O)n(Cc2ccccc2C)c1. The van der Waals surface area contributed by atoms with Crippen molar-refractivity contribution in [3.63, 3.8) is 0 Å². The van der Waals surface area contributed by atoms with Crippen LogP contribution in [0.4, 0.5) is 0 Å². The first-order valence-electron chi connectivity index (χ1n) is 5.98. The van der Waals surface area contributed by atoms with Crippen LogP contribution in [0.15, 0.2) is 36.5 Å². The molecule has 2 aromatic rings. The van der Waals surface area contributed by atoms with Crippen LogP contribution >= 0.6 is 0 Å². The van der Waals surface area contributed by atoms with Gasteiger partial charge in [-0.1, -0.05) is 24.3 Å². The number of hydrogen-bond donors (Lipinski definition) is 1. The van der Waals surface area contributed by atoms with Crippen molar-refractivity contribution in [3.8, 4) is 0 Å². The Kier molecular flexibility index (Phi) is 3.51. The standard InChI is InChI=1S/C15H15NO3/c1-10-5-3-4-6-12(10)8-16-9-13(11(2)17)7-14(16)15(18)19/h3-7,9H,8H2,1-2H3,(H,18,19). The highest BCUT2D eigenvalue weighted by molar-refractivity contribution is 5.97. The number of carboxylic acid groups (broad SMARTS) is 1. The molecule has 19 heavy (non-hydrogen) atoms. The first-order valence-corrected chi connectivity index (χ1v) is 5.98. The lowest BCUT2D eigenvalue weighted by molar-refractivity contribution is 0.0685. The maximum Gasteiger partial charge on any atom is 0.352 e. The van der Waals surface area contributed by atoms with E-state index >= 15 is 0 Å². The van der Waals surface area contributed by atoms with Crippen molar-refractivity contribution in [1.82, 2.24) is 4.57 Å². The van der Waals surface area contributed by atoms with Crippen molar-refractivity contribution in [1.29, 1.82) is 0 Å². The second-order valence-electron chi connectivity index (χ2n) is 4.53. The monoisotopic (exact) mass is 257 g/mol. The van der Waals surface area contributed by atoms with E-state index in [0.29, 0.717) is 12.1 Å². The first kappa shape index (κ1) is 13.1. The Morgan fingerprint density at radius 3 is 2.53 bits per heavy atom. The lowest BCUT2D eigenvalue weighted by Gasteiger charge is -2.08. The number of benzene rings is 1. The van der Waals surface area contributed by atoms with Gasteiger partial charge in [0.1, 0.15) is 5.69 Å². The fraction of sp³-hybridized carbons (Fsp3) is 0.200. The average molecular weight is 257 g/mol. The van der Waals surface area contributed by atoms with Crippen molar-refractivity contribution >= 4 is 11.8 Å². The van der Waals surface area contributed by atoms with Crippen molar-refractivity contribution in [3.05, 3.63) is 58.9 Å².